The van der Waals surface area contributed by atoms with Crippen molar-refractivity contribution in [1.82, 2.24) is 9.80 Å². The molecule has 4 unspecified atom stereocenters. The van der Waals surface area contributed by atoms with Gasteiger partial charge in [0.2, 0.25) is 11.8 Å². The second-order valence-corrected chi connectivity index (χ2v) is 5.00. The molecule has 0 bridgehead atoms. The van der Waals surface area contributed by atoms with Crippen LogP contribution in [0.2, 0.25) is 0 Å². The lowest BCUT2D eigenvalue weighted by atomic mass is 10.1. The van der Waals surface area contributed by atoms with Crippen molar-refractivity contribution in [2.24, 2.45) is 11.5 Å². The number of carbonyl (C=O) groups is 2. The van der Waals surface area contributed by atoms with Crippen molar-refractivity contribution >= 4 is 11.8 Å². The molecule has 16 heavy (non-hydrogen) atoms. The zero-order valence-corrected chi connectivity index (χ0v) is 9.00. The van der Waals surface area contributed by atoms with Crippen molar-refractivity contribution < 1.29 is 9.59 Å². The third-order valence-electron chi connectivity index (χ3n) is 3.80. The van der Waals surface area contributed by atoms with Crippen molar-refractivity contribution in [3.8, 4) is 0 Å². The van der Waals surface area contributed by atoms with E-state index >= 15 is 0 Å². The molecule has 4 atom stereocenters. The van der Waals surface area contributed by atoms with Crippen LogP contribution in [0.15, 0.2) is 0 Å². The van der Waals surface area contributed by atoms with Crippen LogP contribution in [0.25, 0.3) is 0 Å². The fourth-order valence-electron chi connectivity index (χ4n) is 3.08. The lowest BCUT2D eigenvalue weighted by Crippen LogP contribution is -2.60. The molecule has 6 heteroatoms. The van der Waals surface area contributed by atoms with E-state index in [-0.39, 0.29) is 36.0 Å². The maximum absolute atomic E-state index is 12.1. The molecular formula is C10H16N4O2. The highest BCUT2D eigenvalue weighted by Crippen LogP contribution is 2.31. The smallest absolute Gasteiger partial charge is 0.246 e. The van der Waals surface area contributed by atoms with E-state index in [2.05, 4.69) is 0 Å². The SMILES string of the molecule is NC1CC2C(=O)N3CC(N)CC3C(=O)N2C1. The molecule has 0 radical (unpaired) electrons. The van der Waals surface area contributed by atoms with Gasteiger partial charge in [-0.15, -0.1) is 0 Å². The Labute approximate surface area is 93.5 Å². The number of amides is 2. The first-order valence-corrected chi connectivity index (χ1v) is 5.70. The summed E-state index contributed by atoms with van der Waals surface area (Å²) in [5.74, 6) is 0.0657. The minimum absolute atomic E-state index is 0.0329. The fraction of sp³-hybridized carbons (Fsp3) is 0.800. The molecule has 3 saturated heterocycles. The third-order valence-corrected chi connectivity index (χ3v) is 3.80. The molecule has 3 aliphatic heterocycles. The lowest BCUT2D eigenvalue weighted by Gasteiger charge is -2.38. The molecule has 0 aromatic carbocycles. The Morgan fingerprint density at radius 3 is 1.62 bits per heavy atom. The molecule has 3 heterocycles. The second kappa shape index (κ2) is 3.18. The van der Waals surface area contributed by atoms with Crippen molar-refractivity contribution in [2.45, 2.75) is 37.0 Å². The summed E-state index contributed by atoms with van der Waals surface area (Å²) in [5, 5.41) is 0. The molecule has 6 nitrogen and oxygen atoms in total. The first kappa shape index (κ1) is 10.0. The van der Waals surface area contributed by atoms with Crippen LogP contribution in [-0.4, -0.2) is 58.9 Å². The van der Waals surface area contributed by atoms with Gasteiger partial charge in [-0.05, 0) is 12.8 Å². The van der Waals surface area contributed by atoms with Gasteiger partial charge in [0.15, 0.2) is 0 Å². The van der Waals surface area contributed by atoms with E-state index in [0.29, 0.717) is 25.9 Å². The summed E-state index contributed by atoms with van der Waals surface area (Å²) in [6, 6.07) is -0.786. The molecule has 4 N–H and O–H groups in total. The van der Waals surface area contributed by atoms with E-state index in [4.69, 9.17) is 11.5 Å². The molecule has 0 aliphatic carbocycles. The molecule has 3 fully saturated rings. The Balaban J connectivity index is 1.92. The maximum atomic E-state index is 12.1. The Kier molecular flexibility index (Phi) is 1.99. The monoisotopic (exact) mass is 224 g/mol. The Morgan fingerprint density at radius 2 is 1.25 bits per heavy atom. The van der Waals surface area contributed by atoms with E-state index < -0.39 is 0 Å². The summed E-state index contributed by atoms with van der Waals surface area (Å²) in [7, 11) is 0. The van der Waals surface area contributed by atoms with Crippen LogP contribution in [0.4, 0.5) is 0 Å². The normalized spacial score (nSPS) is 42.6. The highest BCUT2D eigenvalue weighted by Gasteiger charge is 2.52. The van der Waals surface area contributed by atoms with Crippen LogP contribution < -0.4 is 11.5 Å². The van der Waals surface area contributed by atoms with Gasteiger partial charge in [0.1, 0.15) is 12.1 Å². The van der Waals surface area contributed by atoms with Gasteiger partial charge in [-0.2, -0.15) is 0 Å². The number of hydrogen-bond donors (Lipinski definition) is 2. The maximum Gasteiger partial charge on any atom is 0.246 e. The number of nitrogens with two attached hydrogens (primary N) is 2. The molecule has 88 valence electrons. The van der Waals surface area contributed by atoms with Crippen molar-refractivity contribution in [1.29, 1.82) is 0 Å². The van der Waals surface area contributed by atoms with Gasteiger partial charge in [0, 0.05) is 25.2 Å². The van der Waals surface area contributed by atoms with Crippen LogP contribution >= 0.6 is 0 Å². The van der Waals surface area contributed by atoms with Crippen LogP contribution in [0.3, 0.4) is 0 Å². The van der Waals surface area contributed by atoms with E-state index in [9.17, 15) is 9.59 Å². The van der Waals surface area contributed by atoms with Crippen LogP contribution in [-0.2, 0) is 9.59 Å². The largest absolute Gasteiger partial charge is 0.327 e. The summed E-state index contributed by atoms with van der Waals surface area (Å²) in [4.78, 5) is 27.6. The van der Waals surface area contributed by atoms with Gasteiger partial charge in [0.25, 0.3) is 0 Å². The Morgan fingerprint density at radius 1 is 0.875 bits per heavy atom. The zero-order chi connectivity index (χ0) is 11.4. The molecular weight excluding hydrogens is 208 g/mol. The van der Waals surface area contributed by atoms with Gasteiger partial charge < -0.3 is 21.3 Å². The van der Waals surface area contributed by atoms with Crippen molar-refractivity contribution in [2.75, 3.05) is 13.1 Å². The Hall–Kier alpha value is -1.14. The van der Waals surface area contributed by atoms with Crippen LogP contribution in [0, 0.1) is 0 Å². The number of carbonyl (C=O) groups excluding carboxylic acids is 2. The number of fused-ring (bicyclic) bond motifs is 2. The van der Waals surface area contributed by atoms with Gasteiger partial charge in [-0.25, -0.2) is 0 Å². The van der Waals surface area contributed by atoms with Crippen LogP contribution in [0.5, 0.6) is 0 Å². The first-order valence-electron chi connectivity index (χ1n) is 5.70. The minimum atomic E-state index is -0.330. The highest BCUT2D eigenvalue weighted by atomic mass is 16.2. The van der Waals surface area contributed by atoms with Gasteiger partial charge in [-0.3, -0.25) is 9.59 Å². The van der Waals surface area contributed by atoms with Crippen molar-refractivity contribution in [3.05, 3.63) is 0 Å². The summed E-state index contributed by atoms with van der Waals surface area (Å²) in [6.07, 6.45) is 1.17. The van der Waals surface area contributed by atoms with E-state index in [1.54, 1.807) is 9.80 Å². The number of nitrogens with zero attached hydrogens (tertiary/aromatic N) is 2. The van der Waals surface area contributed by atoms with E-state index in [1.807, 2.05) is 0 Å². The van der Waals surface area contributed by atoms with Gasteiger partial charge in [-0.1, -0.05) is 0 Å². The topological polar surface area (TPSA) is 92.7 Å². The first-order chi connectivity index (χ1) is 7.58. The Bertz CT molecular complexity index is 297. The number of piperazine rings is 1. The van der Waals surface area contributed by atoms with Gasteiger partial charge >= 0.3 is 0 Å². The molecule has 2 amide bonds. The van der Waals surface area contributed by atoms with Crippen molar-refractivity contribution in [3.63, 3.8) is 0 Å². The molecule has 3 aliphatic rings. The standard InChI is InChI=1S/C10H16N4O2/c11-5-1-7-9(15)14-4-6(12)2-8(14)10(16)13(7)3-5/h5-8H,1-4,11-12H2. The molecule has 0 aromatic heterocycles. The summed E-state index contributed by atoms with van der Waals surface area (Å²) >= 11 is 0. The predicted octanol–water partition coefficient (Wildman–Crippen LogP) is -2.14. The third kappa shape index (κ3) is 1.20. The summed E-state index contributed by atoms with van der Waals surface area (Å²) in [6.45, 7) is 1.02. The average molecular weight is 224 g/mol. The summed E-state index contributed by atoms with van der Waals surface area (Å²) in [5.41, 5.74) is 11.6. The highest BCUT2D eigenvalue weighted by molar-refractivity contribution is 5.98. The van der Waals surface area contributed by atoms with Crippen LogP contribution in [0.1, 0.15) is 12.8 Å². The minimum Gasteiger partial charge on any atom is -0.327 e. The fourth-order valence-corrected chi connectivity index (χ4v) is 3.08. The molecule has 0 aromatic rings. The molecule has 0 spiro atoms. The quantitative estimate of drug-likeness (QED) is 0.491. The molecule has 3 rings (SSSR count). The predicted molar refractivity (Wildman–Crippen MR) is 56.2 cm³/mol. The summed E-state index contributed by atoms with van der Waals surface area (Å²) < 4.78 is 0. The second-order valence-electron chi connectivity index (χ2n) is 5.00. The van der Waals surface area contributed by atoms with Gasteiger partial charge in [0.05, 0.1) is 0 Å². The lowest BCUT2D eigenvalue weighted by molar-refractivity contribution is -0.156. The van der Waals surface area contributed by atoms with E-state index in [0.717, 1.165) is 0 Å². The average Bonchev–Trinajstić information content (AvgIpc) is 2.78. The molecule has 0 saturated carbocycles. The number of rotatable bonds is 0. The number of hydrogen-bond acceptors (Lipinski definition) is 4. The zero-order valence-electron chi connectivity index (χ0n) is 9.00. The van der Waals surface area contributed by atoms with E-state index in [1.165, 1.54) is 0 Å².